The van der Waals surface area contributed by atoms with Gasteiger partial charge in [0.05, 0.1) is 11.5 Å². The fourth-order valence-corrected chi connectivity index (χ4v) is 1.23. The van der Waals surface area contributed by atoms with E-state index in [4.69, 9.17) is 5.73 Å². The van der Waals surface area contributed by atoms with Crippen molar-refractivity contribution in [3.8, 4) is 0 Å². The molecule has 0 heterocycles. The summed E-state index contributed by atoms with van der Waals surface area (Å²) in [5.41, 5.74) is 5.73. The van der Waals surface area contributed by atoms with Crippen molar-refractivity contribution < 1.29 is 14.0 Å². The number of carbonyl (C=O) groups excluding carboxylic acids is 2. The lowest BCUT2D eigenvalue weighted by molar-refractivity contribution is -0.139. The third-order valence-electron chi connectivity index (χ3n) is 1.97. The number of halogens is 1. The topological polar surface area (TPSA) is 84.2 Å². The minimum absolute atomic E-state index is 0.0401. The Hall–Kier alpha value is -2.02. The maximum absolute atomic E-state index is 12.8. The molecule has 0 aromatic heterocycles. The number of hydrogen-bond acceptors (Lipinski definition) is 3. The van der Waals surface area contributed by atoms with E-state index in [1.807, 2.05) is 0 Å². The van der Waals surface area contributed by atoms with E-state index in [9.17, 15) is 14.0 Å². The van der Waals surface area contributed by atoms with Crippen molar-refractivity contribution in [3.63, 3.8) is 0 Å². The van der Waals surface area contributed by atoms with E-state index in [2.05, 4.69) is 22.9 Å². The van der Waals surface area contributed by atoms with Crippen LogP contribution in [0.15, 0.2) is 24.3 Å². The lowest BCUT2D eigenvalue weighted by Crippen LogP contribution is -2.42. The average Bonchev–Trinajstić information content (AvgIpc) is 2.33. The van der Waals surface area contributed by atoms with Gasteiger partial charge in [0, 0.05) is 6.54 Å². The molecule has 0 fully saturated rings. The van der Waals surface area contributed by atoms with E-state index in [0.29, 0.717) is 5.56 Å². The van der Waals surface area contributed by atoms with Gasteiger partial charge in [-0.2, -0.15) is 0 Å². The summed E-state index contributed by atoms with van der Waals surface area (Å²) in [5.74, 6) is -2.06. The summed E-state index contributed by atoms with van der Waals surface area (Å²) in [7, 11) is 0. The monoisotopic (exact) mass is 269 g/mol. The zero-order chi connectivity index (χ0) is 13.5. The SMILES string of the molecule is NC(=S)CNC(=O)C(=O)NCc1cccc(F)c1. The van der Waals surface area contributed by atoms with Crippen LogP contribution in [0.5, 0.6) is 0 Å². The Bertz CT molecular complexity index is 479. The maximum atomic E-state index is 12.8. The number of amides is 2. The van der Waals surface area contributed by atoms with Crippen molar-refractivity contribution in [2.24, 2.45) is 5.73 Å². The molecule has 0 unspecified atom stereocenters. The van der Waals surface area contributed by atoms with Crippen molar-refractivity contribution >= 4 is 29.0 Å². The summed E-state index contributed by atoms with van der Waals surface area (Å²) in [5, 5.41) is 4.59. The number of nitrogens with two attached hydrogens (primary N) is 1. The minimum atomic E-state index is -0.834. The number of carbonyl (C=O) groups is 2. The molecule has 0 atom stereocenters. The van der Waals surface area contributed by atoms with Gasteiger partial charge in [-0.15, -0.1) is 0 Å². The third-order valence-corrected chi connectivity index (χ3v) is 2.12. The predicted octanol–water partition coefficient (Wildman–Crippen LogP) is -0.156. The van der Waals surface area contributed by atoms with Crippen LogP contribution in [0.2, 0.25) is 0 Å². The number of thiocarbonyl (C=S) groups is 1. The van der Waals surface area contributed by atoms with Gasteiger partial charge in [-0.25, -0.2) is 4.39 Å². The molecule has 1 aromatic carbocycles. The molecule has 1 aromatic rings. The largest absolute Gasteiger partial charge is 0.392 e. The van der Waals surface area contributed by atoms with Crippen LogP contribution in [0.1, 0.15) is 5.56 Å². The number of benzene rings is 1. The fraction of sp³-hybridized carbons (Fsp3) is 0.182. The summed E-state index contributed by atoms with van der Waals surface area (Å²) in [6, 6.07) is 5.72. The zero-order valence-corrected chi connectivity index (χ0v) is 10.2. The zero-order valence-electron chi connectivity index (χ0n) is 9.40. The Morgan fingerprint density at radius 2 is 1.94 bits per heavy atom. The first-order valence-electron chi connectivity index (χ1n) is 5.08. The summed E-state index contributed by atoms with van der Waals surface area (Å²) >= 11 is 4.55. The van der Waals surface area contributed by atoms with Crippen molar-refractivity contribution in [1.29, 1.82) is 0 Å². The highest BCUT2D eigenvalue weighted by molar-refractivity contribution is 7.80. The van der Waals surface area contributed by atoms with Crippen LogP contribution in [-0.4, -0.2) is 23.3 Å². The second-order valence-corrected chi connectivity index (χ2v) is 3.99. The fourth-order valence-electron chi connectivity index (χ4n) is 1.16. The molecule has 96 valence electrons. The van der Waals surface area contributed by atoms with E-state index in [1.165, 1.54) is 18.2 Å². The van der Waals surface area contributed by atoms with Gasteiger partial charge in [-0.05, 0) is 17.7 Å². The lowest BCUT2D eigenvalue weighted by atomic mass is 10.2. The number of hydrogen-bond donors (Lipinski definition) is 3. The first-order valence-corrected chi connectivity index (χ1v) is 5.48. The predicted molar refractivity (Wildman–Crippen MR) is 68.0 cm³/mol. The molecule has 0 saturated heterocycles. The molecule has 18 heavy (non-hydrogen) atoms. The first-order chi connectivity index (χ1) is 8.49. The van der Waals surface area contributed by atoms with Crippen molar-refractivity contribution in [2.75, 3.05) is 6.54 Å². The van der Waals surface area contributed by atoms with Crippen LogP contribution in [0.3, 0.4) is 0 Å². The molecule has 5 nitrogen and oxygen atoms in total. The standard InChI is InChI=1S/C11H12FN3O2S/c12-8-3-1-2-7(4-8)5-14-10(16)11(17)15-6-9(13)18/h1-4H,5-6H2,(H2,13,18)(H,14,16)(H,15,17). The third kappa shape index (κ3) is 4.88. The second kappa shape index (κ2) is 6.65. The van der Waals surface area contributed by atoms with Gasteiger partial charge >= 0.3 is 11.8 Å². The molecule has 2 amide bonds. The van der Waals surface area contributed by atoms with Crippen molar-refractivity contribution in [2.45, 2.75) is 6.54 Å². The lowest BCUT2D eigenvalue weighted by Gasteiger charge is -2.06. The first kappa shape index (κ1) is 14.0. The second-order valence-electron chi connectivity index (χ2n) is 3.46. The van der Waals surface area contributed by atoms with Gasteiger partial charge in [0.2, 0.25) is 0 Å². The summed E-state index contributed by atoms with van der Waals surface area (Å²) < 4.78 is 12.8. The Labute approximate surface area is 109 Å². The van der Waals surface area contributed by atoms with Crippen LogP contribution in [0, 0.1) is 5.82 Å². The average molecular weight is 269 g/mol. The Morgan fingerprint density at radius 1 is 1.28 bits per heavy atom. The van der Waals surface area contributed by atoms with Crippen LogP contribution < -0.4 is 16.4 Å². The highest BCUT2D eigenvalue weighted by Crippen LogP contribution is 2.02. The Morgan fingerprint density at radius 3 is 2.56 bits per heavy atom. The van der Waals surface area contributed by atoms with Gasteiger partial charge in [0.1, 0.15) is 5.82 Å². The van der Waals surface area contributed by atoms with E-state index in [-0.39, 0.29) is 18.1 Å². The molecule has 0 aliphatic rings. The Balaban J connectivity index is 2.41. The highest BCUT2D eigenvalue weighted by atomic mass is 32.1. The maximum Gasteiger partial charge on any atom is 0.309 e. The molecular formula is C11H12FN3O2S. The van der Waals surface area contributed by atoms with E-state index < -0.39 is 17.6 Å². The van der Waals surface area contributed by atoms with Crippen molar-refractivity contribution in [1.82, 2.24) is 10.6 Å². The molecule has 0 spiro atoms. The highest BCUT2D eigenvalue weighted by Gasteiger charge is 2.12. The van der Waals surface area contributed by atoms with Crippen molar-refractivity contribution in [3.05, 3.63) is 35.6 Å². The molecule has 0 saturated carbocycles. The van der Waals surface area contributed by atoms with Gasteiger partial charge in [0.25, 0.3) is 0 Å². The van der Waals surface area contributed by atoms with Gasteiger partial charge in [-0.1, -0.05) is 24.4 Å². The smallest absolute Gasteiger partial charge is 0.309 e. The molecule has 0 aliphatic carbocycles. The molecule has 7 heteroatoms. The van der Waals surface area contributed by atoms with Crippen LogP contribution in [-0.2, 0) is 16.1 Å². The Kier molecular flexibility index (Phi) is 5.19. The quantitative estimate of drug-likeness (QED) is 0.524. The number of nitrogens with one attached hydrogen (secondary N) is 2. The molecule has 0 bridgehead atoms. The van der Waals surface area contributed by atoms with Gasteiger partial charge in [0.15, 0.2) is 0 Å². The normalized spacial score (nSPS) is 9.61. The molecule has 1 rings (SSSR count). The van der Waals surface area contributed by atoms with Crippen LogP contribution >= 0.6 is 12.2 Å². The number of rotatable bonds is 4. The van der Waals surface area contributed by atoms with Gasteiger partial charge < -0.3 is 16.4 Å². The van der Waals surface area contributed by atoms with E-state index in [0.717, 1.165) is 0 Å². The minimum Gasteiger partial charge on any atom is -0.392 e. The molecule has 4 N–H and O–H groups in total. The van der Waals surface area contributed by atoms with Crippen LogP contribution in [0.4, 0.5) is 4.39 Å². The molecule has 0 radical (unpaired) electrons. The van der Waals surface area contributed by atoms with E-state index >= 15 is 0 Å². The van der Waals surface area contributed by atoms with E-state index in [1.54, 1.807) is 6.07 Å². The summed E-state index contributed by atoms with van der Waals surface area (Å²) in [6.45, 7) is 0.0264. The summed E-state index contributed by atoms with van der Waals surface area (Å²) in [4.78, 5) is 22.6. The van der Waals surface area contributed by atoms with Crippen LogP contribution in [0.25, 0.3) is 0 Å². The molecular weight excluding hydrogens is 257 g/mol. The molecule has 0 aliphatic heterocycles. The van der Waals surface area contributed by atoms with Gasteiger partial charge in [-0.3, -0.25) is 9.59 Å². The summed E-state index contributed by atoms with van der Waals surface area (Å²) in [6.07, 6.45) is 0.